The molecule has 0 aliphatic heterocycles. The first-order valence-corrected chi connectivity index (χ1v) is 6.18. The predicted molar refractivity (Wildman–Crippen MR) is 69.5 cm³/mol. The topological polar surface area (TPSA) is 43.4 Å². The van der Waals surface area contributed by atoms with E-state index in [1.54, 1.807) is 6.92 Å². The van der Waals surface area contributed by atoms with E-state index in [2.05, 4.69) is 0 Å². The largest absolute Gasteiger partial charge is 0.463 e. The fraction of sp³-hybridized carbons (Fsp3) is 0.286. The van der Waals surface area contributed by atoms with Gasteiger partial charge in [-0.05, 0) is 37.6 Å². The van der Waals surface area contributed by atoms with Gasteiger partial charge in [-0.1, -0.05) is 17.7 Å². The second-order valence-electron chi connectivity index (χ2n) is 4.22. The quantitative estimate of drug-likeness (QED) is 0.800. The number of carbonyl (C=O) groups excluding carboxylic acids is 2. The van der Waals surface area contributed by atoms with Crippen molar-refractivity contribution < 1.29 is 18.7 Å². The van der Waals surface area contributed by atoms with Gasteiger partial charge >= 0.3 is 5.97 Å². The van der Waals surface area contributed by atoms with Crippen LogP contribution in [0.4, 0.5) is 4.39 Å². The molecule has 1 aromatic rings. The first-order chi connectivity index (χ1) is 8.91. The fourth-order valence-electron chi connectivity index (χ4n) is 2.15. The highest BCUT2D eigenvalue weighted by Gasteiger charge is 2.50. The maximum atomic E-state index is 15.0. The highest BCUT2D eigenvalue weighted by Crippen LogP contribution is 2.45. The SMILES string of the molecule is CCOC(=O)C1=Cc2cc(Cl)ccc2[C@]1(F)C(C)=O. The molecule has 0 amide bonds. The van der Waals surface area contributed by atoms with E-state index in [1.165, 1.54) is 24.3 Å². The van der Waals surface area contributed by atoms with Crippen LogP contribution in [-0.4, -0.2) is 18.4 Å². The number of ether oxygens (including phenoxy) is 1. The zero-order valence-corrected chi connectivity index (χ0v) is 11.3. The number of halogens is 2. The van der Waals surface area contributed by atoms with Gasteiger partial charge in [0.2, 0.25) is 5.67 Å². The van der Waals surface area contributed by atoms with Gasteiger partial charge in [0.05, 0.1) is 12.2 Å². The monoisotopic (exact) mass is 282 g/mol. The Balaban J connectivity index is 2.59. The van der Waals surface area contributed by atoms with E-state index in [9.17, 15) is 9.59 Å². The van der Waals surface area contributed by atoms with Crippen molar-refractivity contribution in [1.82, 2.24) is 0 Å². The lowest BCUT2D eigenvalue weighted by Gasteiger charge is -2.21. The summed E-state index contributed by atoms with van der Waals surface area (Å²) in [6, 6.07) is 4.42. The molecule has 0 N–H and O–H groups in total. The third-order valence-corrected chi connectivity index (χ3v) is 3.27. The van der Waals surface area contributed by atoms with E-state index in [0.717, 1.165) is 6.92 Å². The number of Topliss-reactive ketones (excluding diaryl/α,β-unsaturated/α-hetero) is 1. The average Bonchev–Trinajstić information content (AvgIpc) is 2.64. The number of rotatable bonds is 3. The summed E-state index contributed by atoms with van der Waals surface area (Å²) in [7, 11) is 0. The van der Waals surface area contributed by atoms with E-state index in [0.29, 0.717) is 10.6 Å². The molecule has 1 aromatic carbocycles. The Morgan fingerprint density at radius 1 is 1.42 bits per heavy atom. The molecule has 1 atom stereocenters. The first-order valence-electron chi connectivity index (χ1n) is 5.80. The van der Waals surface area contributed by atoms with Crippen LogP contribution in [0.1, 0.15) is 25.0 Å². The minimum absolute atomic E-state index is 0.112. The molecular weight excluding hydrogens is 271 g/mol. The molecule has 0 fully saturated rings. The summed E-state index contributed by atoms with van der Waals surface area (Å²) in [6.07, 6.45) is 1.32. The van der Waals surface area contributed by atoms with Gasteiger partial charge in [0.25, 0.3) is 0 Å². The maximum Gasteiger partial charge on any atom is 0.338 e. The number of fused-ring (bicyclic) bond motifs is 1. The molecule has 5 heteroatoms. The van der Waals surface area contributed by atoms with Gasteiger partial charge in [0.1, 0.15) is 0 Å². The van der Waals surface area contributed by atoms with Crippen molar-refractivity contribution in [3.05, 3.63) is 39.9 Å². The predicted octanol–water partition coefficient (Wildman–Crippen LogP) is 3.05. The number of benzene rings is 1. The molecule has 0 saturated carbocycles. The molecule has 2 rings (SSSR count). The Labute approximate surface area is 115 Å². The summed E-state index contributed by atoms with van der Waals surface area (Å²) in [6.45, 7) is 2.84. The van der Waals surface area contributed by atoms with Gasteiger partial charge in [-0.3, -0.25) is 4.79 Å². The zero-order chi connectivity index (χ0) is 14.2. The molecular formula is C14H12ClFO3. The summed E-state index contributed by atoms with van der Waals surface area (Å²) in [5, 5.41) is 0.408. The molecule has 1 aliphatic rings. The zero-order valence-electron chi connectivity index (χ0n) is 10.5. The van der Waals surface area contributed by atoms with E-state index in [4.69, 9.17) is 16.3 Å². The summed E-state index contributed by atoms with van der Waals surface area (Å²) in [5.41, 5.74) is -2.19. The molecule has 0 heterocycles. The number of ketones is 1. The Kier molecular flexibility index (Phi) is 3.45. The van der Waals surface area contributed by atoms with Crippen molar-refractivity contribution in [3.63, 3.8) is 0 Å². The molecule has 19 heavy (non-hydrogen) atoms. The Morgan fingerprint density at radius 2 is 2.11 bits per heavy atom. The summed E-state index contributed by atoms with van der Waals surface area (Å²) in [5.74, 6) is -1.58. The van der Waals surface area contributed by atoms with Crippen LogP contribution in [0, 0.1) is 0 Å². The summed E-state index contributed by atoms with van der Waals surface area (Å²) < 4.78 is 19.8. The third kappa shape index (κ3) is 2.06. The lowest BCUT2D eigenvalue weighted by molar-refractivity contribution is -0.142. The molecule has 0 radical (unpaired) electrons. The number of esters is 1. The lowest BCUT2D eigenvalue weighted by Crippen LogP contribution is -2.33. The van der Waals surface area contributed by atoms with Gasteiger partial charge in [-0.25, -0.2) is 9.18 Å². The van der Waals surface area contributed by atoms with Gasteiger partial charge in [-0.2, -0.15) is 0 Å². The van der Waals surface area contributed by atoms with Crippen LogP contribution in [0.15, 0.2) is 23.8 Å². The van der Waals surface area contributed by atoms with Crippen LogP contribution in [0.25, 0.3) is 6.08 Å². The third-order valence-electron chi connectivity index (χ3n) is 3.04. The van der Waals surface area contributed by atoms with Crippen LogP contribution in [0.3, 0.4) is 0 Å². The normalized spacial score (nSPS) is 20.7. The van der Waals surface area contributed by atoms with Crippen LogP contribution in [-0.2, 0) is 20.0 Å². The smallest absolute Gasteiger partial charge is 0.338 e. The molecule has 0 unspecified atom stereocenters. The number of hydrogen-bond acceptors (Lipinski definition) is 3. The Bertz CT molecular complexity index is 594. The molecule has 0 bridgehead atoms. The highest BCUT2D eigenvalue weighted by atomic mass is 35.5. The lowest BCUT2D eigenvalue weighted by atomic mass is 9.88. The summed E-state index contributed by atoms with van der Waals surface area (Å²) >= 11 is 5.83. The Morgan fingerprint density at radius 3 is 2.68 bits per heavy atom. The highest BCUT2D eigenvalue weighted by molar-refractivity contribution is 6.30. The van der Waals surface area contributed by atoms with Crippen LogP contribution >= 0.6 is 11.6 Å². The van der Waals surface area contributed by atoms with Gasteiger partial charge < -0.3 is 4.74 Å². The minimum Gasteiger partial charge on any atom is -0.463 e. The van der Waals surface area contributed by atoms with Crippen molar-refractivity contribution in [3.8, 4) is 0 Å². The van der Waals surface area contributed by atoms with Gasteiger partial charge in [-0.15, -0.1) is 0 Å². The van der Waals surface area contributed by atoms with Crippen molar-refractivity contribution in [2.45, 2.75) is 19.5 Å². The molecule has 3 nitrogen and oxygen atoms in total. The molecule has 100 valence electrons. The number of carbonyl (C=O) groups is 2. The van der Waals surface area contributed by atoms with E-state index >= 15 is 4.39 Å². The van der Waals surface area contributed by atoms with Crippen LogP contribution in [0.5, 0.6) is 0 Å². The first kappa shape index (κ1) is 13.7. The second-order valence-corrected chi connectivity index (χ2v) is 4.66. The van der Waals surface area contributed by atoms with Crippen molar-refractivity contribution in [2.75, 3.05) is 6.61 Å². The van der Waals surface area contributed by atoms with Gasteiger partial charge in [0, 0.05) is 10.6 Å². The molecule has 0 spiro atoms. The fourth-order valence-corrected chi connectivity index (χ4v) is 2.34. The number of hydrogen-bond donors (Lipinski definition) is 0. The average molecular weight is 283 g/mol. The molecule has 0 saturated heterocycles. The van der Waals surface area contributed by atoms with E-state index in [-0.39, 0.29) is 17.7 Å². The summed E-state index contributed by atoms with van der Waals surface area (Å²) in [4.78, 5) is 23.5. The van der Waals surface area contributed by atoms with Crippen molar-refractivity contribution in [2.24, 2.45) is 0 Å². The van der Waals surface area contributed by atoms with E-state index in [1.807, 2.05) is 0 Å². The number of alkyl halides is 1. The minimum atomic E-state index is -2.45. The van der Waals surface area contributed by atoms with Crippen LogP contribution < -0.4 is 0 Å². The van der Waals surface area contributed by atoms with Crippen LogP contribution in [0.2, 0.25) is 5.02 Å². The van der Waals surface area contributed by atoms with Gasteiger partial charge in [0.15, 0.2) is 5.78 Å². The maximum absolute atomic E-state index is 15.0. The second kappa shape index (κ2) is 4.78. The molecule has 1 aliphatic carbocycles. The van der Waals surface area contributed by atoms with Crippen molar-refractivity contribution in [1.29, 1.82) is 0 Å². The molecule has 0 aromatic heterocycles. The Hall–Kier alpha value is -1.68. The standard InChI is InChI=1S/C14H12ClFO3/c1-3-19-13(18)12-7-9-6-10(15)4-5-11(9)14(12,16)8(2)17/h4-7H,3H2,1-2H3/t14-/m1/s1. The van der Waals surface area contributed by atoms with E-state index < -0.39 is 17.4 Å². The van der Waals surface area contributed by atoms with Crippen molar-refractivity contribution >= 4 is 29.4 Å².